The van der Waals surface area contributed by atoms with Gasteiger partial charge in [-0.25, -0.2) is 5.43 Å². The number of aromatic hydroxyl groups is 1. The van der Waals surface area contributed by atoms with Crippen molar-refractivity contribution in [1.82, 2.24) is 5.43 Å². The molecule has 0 saturated heterocycles. The van der Waals surface area contributed by atoms with Crippen molar-refractivity contribution >= 4 is 50.6 Å². The summed E-state index contributed by atoms with van der Waals surface area (Å²) in [6.07, 6.45) is 2.47. The van der Waals surface area contributed by atoms with Crippen molar-refractivity contribution in [3.8, 4) is 11.5 Å². The molecule has 2 aromatic rings. The van der Waals surface area contributed by atoms with Crippen LogP contribution in [0.1, 0.15) is 37.3 Å². The van der Waals surface area contributed by atoms with Crippen molar-refractivity contribution in [2.75, 3.05) is 6.61 Å². The first-order valence-corrected chi connectivity index (χ1v) is 10.0. The van der Waals surface area contributed by atoms with Crippen LogP contribution in [0.15, 0.2) is 46.0 Å². The van der Waals surface area contributed by atoms with Crippen LogP contribution >= 0.6 is 38.5 Å². The molecule has 0 spiro atoms. The Kier molecular flexibility index (Phi) is 7.89. The third-order valence-corrected chi connectivity index (χ3v) is 5.16. The number of benzene rings is 2. The molecule has 0 aliphatic rings. The summed E-state index contributed by atoms with van der Waals surface area (Å²) >= 11 is 5.37. The Balaban J connectivity index is 1.86. The fourth-order valence-corrected chi connectivity index (χ4v) is 3.72. The minimum atomic E-state index is -0.378. The smallest absolute Gasteiger partial charge is 0.277 e. The van der Waals surface area contributed by atoms with Crippen LogP contribution in [0.4, 0.5) is 0 Å². The zero-order chi connectivity index (χ0) is 19.1. The Morgan fingerprint density at radius 2 is 2.08 bits per heavy atom. The third-order valence-electron chi connectivity index (χ3n) is 3.88. The quantitative estimate of drug-likeness (QED) is 0.307. The summed E-state index contributed by atoms with van der Waals surface area (Å²) in [7, 11) is 0. The molecule has 2 rings (SSSR count). The lowest BCUT2D eigenvalue weighted by molar-refractivity contribution is -0.123. The molecule has 0 heterocycles. The first-order valence-electron chi connectivity index (χ1n) is 8.13. The minimum Gasteiger partial charge on any atom is -0.506 e. The number of nitrogens with one attached hydrogen (secondary N) is 1. The second-order valence-electron chi connectivity index (χ2n) is 5.79. The average Bonchev–Trinajstić information content (AvgIpc) is 2.63. The van der Waals surface area contributed by atoms with Gasteiger partial charge in [0, 0.05) is 10.0 Å². The molecule has 1 atom stereocenters. The summed E-state index contributed by atoms with van der Waals surface area (Å²) < 4.78 is 6.96. The number of hydrogen-bond donors (Lipinski definition) is 2. The molecule has 1 unspecified atom stereocenters. The molecule has 138 valence electrons. The molecule has 26 heavy (non-hydrogen) atoms. The molecule has 0 saturated carbocycles. The van der Waals surface area contributed by atoms with Gasteiger partial charge in [0.25, 0.3) is 5.91 Å². The zero-order valence-electron chi connectivity index (χ0n) is 14.5. The van der Waals surface area contributed by atoms with Crippen molar-refractivity contribution in [2.24, 2.45) is 5.10 Å². The standard InChI is InChI=1S/C19H20BrIN2O3/c1-3-12(2)13-4-6-16(7-5-13)26-11-18(24)23-22-10-14-8-15(20)9-17(21)19(14)25/h4-10,12,25H,3,11H2,1-2H3,(H,23,24). The normalized spacial score (nSPS) is 12.2. The summed E-state index contributed by atoms with van der Waals surface area (Å²) in [6, 6.07) is 11.2. The number of halogens is 2. The van der Waals surface area contributed by atoms with Crippen LogP contribution in [0.25, 0.3) is 0 Å². The van der Waals surface area contributed by atoms with Crippen LogP contribution in [0.3, 0.4) is 0 Å². The van der Waals surface area contributed by atoms with Crippen molar-refractivity contribution in [2.45, 2.75) is 26.2 Å². The monoisotopic (exact) mass is 530 g/mol. The molecule has 0 aliphatic heterocycles. The van der Waals surface area contributed by atoms with Gasteiger partial charge in [0.15, 0.2) is 6.61 Å². The molecule has 0 aromatic heterocycles. The second kappa shape index (κ2) is 9.91. The third kappa shape index (κ3) is 5.98. The van der Waals surface area contributed by atoms with E-state index in [0.29, 0.717) is 20.8 Å². The molecule has 0 aliphatic carbocycles. The Hall–Kier alpha value is -1.61. The molecule has 2 aromatic carbocycles. The Labute approximate surface area is 175 Å². The molecule has 5 nitrogen and oxygen atoms in total. The molecule has 1 amide bonds. The number of amides is 1. The van der Waals surface area contributed by atoms with Crippen LogP contribution in [0, 0.1) is 3.57 Å². The fraction of sp³-hybridized carbons (Fsp3) is 0.263. The van der Waals surface area contributed by atoms with Crippen LogP contribution < -0.4 is 10.2 Å². The Bertz CT molecular complexity index is 794. The highest BCUT2D eigenvalue weighted by molar-refractivity contribution is 14.1. The summed E-state index contributed by atoms with van der Waals surface area (Å²) in [5, 5.41) is 13.8. The number of nitrogens with zero attached hydrogens (tertiary/aromatic N) is 1. The lowest BCUT2D eigenvalue weighted by Crippen LogP contribution is -2.24. The molecule has 7 heteroatoms. The highest BCUT2D eigenvalue weighted by atomic mass is 127. The first-order chi connectivity index (χ1) is 12.4. The number of carbonyl (C=O) groups is 1. The van der Waals surface area contributed by atoms with E-state index in [-0.39, 0.29) is 18.3 Å². The van der Waals surface area contributed by atoms with Gasteiger partial charge >= 0.3 is 0 Å². The molecule has 0 radical (unpaired) electrons. The lowest BCUT2D eigenvalue weighted by Gasteiger charge is -2.10. The maximum atomic E-state index is 11.8. The number of phenols is 1. The SMILES string of the molecule is CCC(C)c1ccc(OCC(=O)NN=Cc2cc(Br)cc(I)c2O)cc1. The van der Waals surface area contributed by atoms with Gasteiger partial charge in [0.2, 0.25) is 0 Å². The van der Waals surface area contributed by atoms with Crippen molar-refractivity contribution in [1.29, 1.82) is 0 Å². The topological polar surface area (TPSA) is 70.9 Å². The van der Waals surface area contributed by atoms with E-state index in [1.807, 2.05) is 46.9 Å². The maximum absolute atomic E-state index is 11.8. The van der Waals surface area contributed by atoms with Crippen LogP contribution in [-0.4, -0.2) is 23.8 Å². The second-order valence-corrected chi connectivity index (χ2v) is 7.86. The van der Waals surface area contributed by atoms with E-state index in [1.165, 1.54) is 11.8 Å². The Morgan fingerprint density at radius 1 is 1.38 bits per heavy atom. The van der Waals surface area contributed by atoms with E-state index >= 15 is 0 Å². The van der Waals surface area contributed by atoms with Crippen LogP contribution in [-0.2, 0) is 4.79 Å². The number of rotatable bonds is 7. The van der Waals surface area contributed by atoms with E-state index in [9.17, 15) is 9.90 Å². The van der Waals surface area contributed by atoms with E-state index < -0.39 is 0 Å². The summed E-state index contributed by atoms with van der Waals surface area (Å²) in [5.74, 6) is 0.871. The number of carbonyl (C=O) groups excluding carboxylic acids is 1. The average molecular weight is 531 g/mol. The van der Waals surface area contributed by atoms with Gasteiger partial charge < -0.3 is 9.84 Å². The van der Waals surface area contributed by atoms with Gasteiger partial charge in [0.1, 0.15) is 11.5 Å². The van der Waals surface area contributed by atoms with Crippen LogP contribution in [0.2, 0.25) is 0 Å². The molecule has 2 N–H and O–H groups in total. The van der Waals surface area contributed by atoms with Gasteiger partial charge in [-0.3, -0.25) is 4.79 Å². The molecule has 0 fully saturated rings. The minimum absolute atomic E-state index is 0.115. The summed E-state index contributed by atoms with van der Waals surface area (Å²) in [6.45, 7) is 4.18. The van der Waals surface area contributed by atoms with E-state index in [2.05, 4.69) is 40.3 Å². The Morgan fingerprint density at radius 3 is 2.73 bits per heavy atom. The van der Waals surface area contributed by atoms with Gasteiger partial charge in [-0.05, 0) is 64.8 Å². The van der Waals surface area contributed by atoms with Gasteiger partial charge in [0.05, 0.1) is 9.78 Å². The zero-order valence-corrected chi connectivity index (χ0v) is 18.2. The molecular weight excluding hydrogens is 511 g/mol. The number of hydrazone groups is 1. The number of hydrogen-bond acceptors (Lipinski definition) is 4. The summed E-state index contributed by atoms with van der Waals surface area (Å²) in [4.78, 5) is 11.8. The fourth-order valence-electron chi connectivity index (χ4n) is 2.17. The first kappa shape index (κ1) is 20.7. The van der Waals surface area contributed by atoms with E-state index in [0.717, 1.165) is 10.9 Å². The number of ether oxygens (including phenoxy) is 1. The van der Waals surface area contributed by atoms with E-state index in [1.54, 1.807) is 12.1 Å². The molecular formula is C19H20BrIN2O3. The van der Waals surface area contributed by atoms with Crippen molar-refractivity contribution in [3.63, 3.8) is 0 Å². The van der Waals surface area contributed by atoms with Gasteiger partial charge in [-0.2, -0.15) is 5.10 Å². The van der Waals surface area contributed by atoms with E-state index in [4.69, 9.17) is 4.74 Å². The summed E-state index contributed by atoms with van der Waals surface area (Å²) in [5.41, 5.74) is 4.14. The largest absolute Gasteiger partial charge is 0.506 e. The highest BCUT2D eigenvalue weighted by Crippen LogP contribution is 2.27. The molecule has 0 bridgehead atoms. The van der Waals surface area contributed by atoms with Crippen molar-refractivity contribution in [3.05, 3.63) is 55.6 Å². The van der Waals surface area contributed by atoms with Crippen molar-refractivity contribution < 1.29 is 14.6 Å². The number of phenolic OH excluding ortho intramolecular Hbond substituents is 1. The van der Waals surface area contributed by atoms with Gasteiger partial charge in [-0.1, -0.05) is 41.9 Å². The van der Waals surface area contributed by atoms with Crippen LogP contribution in [0.5, 0.6) is 11.5 Å². The maximum Gasteiger partial charge on any atom is 0.277 e. The lowest BCUT2D eigenvalue weighted by atomic mass is 9.99. The van der Waals surface area contributed by atoms with Gasteiger partial charge in [-0.15, -0.1) is 0 Å². The highest BCUT2D eigenvalue weighted by Gasteiger charge is 2.07. The predicted molar refractivity (Wildman–Crippen MR) is 115 cm³/mol. The predicted octanol–water partition coefficient (Wildman–Crippen LogP) is 4.80.